The van der Waals surface area contributed by atoms with E-state index in [4.69, 9.17) is 9.47 Å². The third-order valence-electron chi connectivity index (χ3n) is 3.21. The number of nitrogens with one attached hydrogen (secondary N) is 1. The summed E-state index contributed by atoms with van der Waals surface area (Å²) in [5.41, 5.74) is 2.49. The first-order valence-electron chi connectivity index (χ1n) is 6.24. The highest BCUT2D eigenvalue weighted by molar-refractivity contribution is 5.36. The van der Waals surface area contributed by atoms with Crippen molar-refractivity contribution in [3.8, 4) is 5.75 Å². The first-order valence-corrected chi connectivity index (χ1v) is 6.24. The normalized spacial score (nSPS) is 20.2. The number of methoxy groups -OCH3 is 1. The number of hydrogen-bond acceptors (Lipinski definition) is 3. The molecule has 1 aromatic carbocycles. The highest BCUT2D eigenvalue weighted by atomic mass is 16.5. The topological polar surface area (TPSA) is 30.5 Å². The van der Waals surface area contributed by atoms with Crippen molar-refractivity contribution >= 4 is 0 Å². The summed E-state index contributed by atoms with van der Waals surface area (Å²) in [7, 11) is 1.71. The molecule has 0 amide bonds. The summed E-state index contributed by atoms with van der Waals surface area (Å²) >= 11 is 0. The van der Waals surface area contributed by atoms with Gasteiger partial charge in [0.25, 0.3) is 0 Å². The predicted octanol–water partition coefficient (Wildman–Crippen LogP) is 2.27. The van der Waals surface area contributed by atoms with E-state index in [1.807, 2.05) is 6.07 Å². The number of ether oxygens (including phenoxy) is 2. The Labute approximate surface area is 103 Å². The molecular weight excluding hydrogens is 214 g/mol. The molecule has 17 heavy (non-hydrogen) atoms. The molecule has 1 N–H and O–H groups in total. The standard InChI is InChI=1S/C14H21NO2/c1-11-8-12(5-6-14(11)16-2)9-15-13-4-3-7-17-10-13/h5-6,8,13,15H,3-4,7,9-10H2,1-2H3. The van der Waals surface area contributed by atoms with Gasteiger partial charge in [0, 0.05) is 19.2 Å². The average Bonchev–Trinajstić information content (AvgIpc) is 2.38. The Morgan fingerprint density at radius 3 is 3.00 bits per heavy atom. The lowest BCUT2D eigenvalue weighted by molar-refractivity contribution is 0.0699. The van der Waals surface area contributed by atoms with E-state index in [1.165, 1.54) is 24.0 Å². The molecule has 3 nitrogen and oxygen atoms in total. The van der Waals surface area contributed by atoms with Crippen LogP contribution in [0.3, 0.4) is 0 Å². The third-order valence-corrected chi connectivity index (χ3v) is 3.21. The highest BCUT2D eigenvalue weighted by Gasteiger charge is 2.12. The fraction of sp³-hybridized carbons (Fsp3) is 0.571. The lowest BCUT2D eigenvalue weighted by atomic mass is 10.1. The van der Waals surface area contributed by atoms with Gasteiger partial charge in [-0.15, -0.1) is 0 Å². The molecule has 1 fully saturated rings. The van der Waals surface area contributed by atoms with Crippen LogP contribution in [0.15, 0.2) is 18.2 Å². The van der Waals surface area contributed by atoms with Gasteiger partial charge in [0.1, 0.15) is 5.75 Å². The highest BCUT2D eigenvalue weighted by Crippen LogP contribution is 2.18. The van der Waals surface area contributed by atoms with Gasteiger partial charge in [-0.05, 0) is 37.0 Å². The van der Waals surface area contributed by atoms with Crippen LogP contribution in [0.25, 0.3) is 0 Å². The summed E-state index contributed by atoms with van der Waals surface area (Å²) in [6.45, 7) is 4.74. The van der Waals surface area contributed by atoms with Crippen LogP contribution in [0.1, 0.15) is 24.0 Å². The van der Waals surface area contributed by atoms with Gasteiger partial charge in [-0.2, -0.15) is 0 Å². The van der Waals surface area contributed by atoms with E-state index in [1.54, 1.807) is 7.11 Å². The van der Waals surface area contributed by atoms with E-state index in [2.05, 4.69) is 24.4 Å². The fourth-order valence-electron chi connectivity index (χ4n) is 2.21. The Morgan fingerprint density at radius 1 is 1.47 bits per heavy atom. The Hall–Kier alpha value is -1.06. The molecule has 94 valence electrons. The van der Waals surface area contributed by atoms with Crippen LogP contribution >= 0.6 is 0 Å². The molecule has 1 unspecified atom stereocenters. The SMILES string of the molecule is COc1ccc(CNC2CCCOC2)cc1C. The van der Waals surface area contributed by atoms with Gasteiger partial charge in [-0.3, -0.25) is 0 Å². The van der Waals surface area contributed by atoms with E-state index >= 15 is 0 Å². The molecule has 3 heteroatoms. The Kier molecular flexibility index (Phi) is 4.40. The molecular formula is C14H21NO2. The first kappa shape index (κ1) is 12.4. The second-order valence-electron chi connectivity index (χ2n) is 4.60. The summed E-state index contributed by atoms with van der Waals surface area (Å²) in [5.74, 6) is 0.953. The summed E-state index contributed by atoms with van der Waals surface area (Å²) in [5, 5.41) is 3.54. The molecule has 0 radical (unpaired) electrons. The summed E-state index contributed by atoms with van der Waals surface area (Å²) in [6.07, 6.45) is 2.38. The van der Waals surface area contributed by atoms with Crippen molar-refractivity contribution in [1.29, 1.82) is 0 Å². The fourth-order valence-corrected chi connectivity index (χ4v) is 2.21. The molecule has 2 rings (SSSR count). The molecule has 1 aromatic rings. The van der Waals surface area contributed by atoms with Crippen molar-refractivity contribution in [2.24, 2.45) is 0 Å². The van der Waals surface area contributed by atoms with Gasteiger partial charge in [0.2, 0.25) is 0 Å². The summed E-state index contributed by atoms with van der Waals surface area (Å²) in [4.78, 5) is 0. The molecule has 0 aliphatic carbocycles. The molecule has 1 atom stereocenters. The second-order valence-corrected chi connectivity index (χ2v) is 4.60. The van der Waals surface area contributed by atoms with E-state index in [0.29, 0.717) is 6.04 Å². The van der Waals surface area contributed by atoms with Crippen molar-refractivity contribution in [1.82, 2.24) is 5.32 Å². The molecule has 0 spiro atoms. The molecule has 1 saturated heterocycles. The quantitative estimate of drug-likeness (QED) is 0.868. The Balaban J connectivity index is 1.87. The number of rotatable bonds is 4. The molecule has 0 saturated carbocycles. The van der Waals surface area contributed by atoms with Gasteiger partial charge in [-0.1, -0.05) is 12.1 Å². The average molecular weight is 235 g/mol. The third kappa shape index (κ3) is 3.45. The van der Waals surface area contributed by atoms with Crippen molar-refractivity contribution in [3.05, 3.63) is 29.3 Å². The lowest BCUT2D eigenvalue weighted by Crippen LogP contribution is -2.36. The van der Waals surface area contributed by atoms with Gasteiger partial charge in [0.05, 0.1) is 13.7 Å². The van der Waals surface area contributed by atoms with Crippen molar-refractivity contribution in [2.75, 3.05) is 20.3 Å². The maximum atomic E-state index is 5.45. The van der Waals surface area contributed by atoms with Gasteiger partial charge in [-0.25, -0.2) is 0 Å². The Bertz CT molecular complexity index is 359. The minimum Gasteiger partial charge on any atom is -0.496 e. The molecule has 0 aromatic heterocycles. The van der Waals surface area contributed by atoms with Gasteiger partial charge >= 0.3 is 0 Å². The zero-order valence-electron chi connectivity index (χ0n) is 10.7. The monoisotopic (exact) mass is 235 g/mol. The zero-order chi connectivity index (χ0) is 12.1. The number of benzene rings is 1. The molecule has 1 aliphatic heterocycles. The number of aryl methyl sites for hydroxylation is 1. The Morgan fingerprint density at radius 2 is 2.35 bits per heavy atom. The zero-order valence-corrected chi connectivity index (χ0v) is 10.7. The van der Waals surface area contributed by atoms with Crippen LogP contribution in [0.2, 0.25) is 0 Å². The van der Waals surface area contributed by atoms with Crippen LogP contribution in [-0.2, 0) is 11.3 Å². The summed E-state index contributed by atoms with van der Waals surface area (Å²) in [6, 6.07) is 6.83. The van der Waals surface area contributed by atoms with Crippen LogP contribution in [0, 0.1) is 6.92 Å². The van der Waals surface area contributed by atoms with Gasteiger partial charge < -0.3 is 14.8 Å². The van der Waals surface area contributed by atoms with E-state index in [0.717, 1.165) is 25.5 Å². The van der Waals surface area contributed by atoms with E-state index in [9.17, 15) is 0 Å². The minimum atomic E-state index is 0.506. The van der Waals surface area contributed by atoms with Crippen LogP contribution in [0.4, 0.5) is 0 Å². The van der Waals surface area contributed by atoms with E-state index < -0.39 is 0 Å². The van der Waals surface area contributed by atoms with Crippen molar-refractivity contribution in [3.63, 3.8) is 0 Å². The molecule has 1 aliphatic rings. The largest absolute Gasteiger partial charge is 0.496 e. The maximum Gasteiger partial charge on any atom is 0.121 e. The predicted molar refractivity (Wildman–Crippen MR) is 68.4 cm³/mol. The number of hydrogen-bond donors (Lipinski definition) is 1. The van der Waals surface area contributed by atoms with Crippen molar-refractivity contribution < 1.29 is 9.47 Å². The van der Waals surface area contributed by atoms with Gasteiger partial charge in [0.15, 0.2) is 0 Å². The minimum absolute atomic E-state index is 0.506. The van der Waals surface area contributed by atoms with Crippen LogP contribution in [0.5, 0.6) is 5.75 Å². The first-order chi connectivity index (χ1) is 8.29. The smallest absolute Gasteiger partial charge is 0.121 e. The lowest BCUT2D eigenvalue weighted by Gasteiger charge is -2.23. The van der Waals surface area contributed by atoms with E-state index in [-0.39, 0.29) is 0 Å². The van der Waals surface area contributed by atoms with Crippen molar-refractivity contribution in [2.45, 2.75) is 32.4 Å². The maximum absolute atomic E-state index is 5.45. The second kappa shape index (κ2) is 6.03. The van der Waals surface area contributed by atoms with Crippen LogP contribution in [-0.4, -0.2) is 26.4 Å². The molecule has 0 bridgehead atoms. The summed E-state index contributed by atoms with van der Waals surface area (Å²) < 4.78 is 10.7. The molecule has 1 heterocycles. The van der Waals surface area contributed by atoms with Crippen LogP contribution < -0.4 is 10.1 Å².